The molecule has 0 radical (unpaired) electrons. The summed E-state index contributed by atoms with van der Waals surface area (Å²) in [6.07, 6.45) is 1.08. The van der Waals surface area contributed by atoms with Crippen molar-refractivity contribution < 1.29 is 0 Å². The van der Waals surface area contributed by atoms with E-state index < -0.39 is 0 Å². The molecule has 64 valence electrons. The van der Waals surface area contributed by atoms with E-state index in [1.165, 1.54) is 16.6 Å². The van der Waals surface area contributed by atoms with Gasteiger partial charge in [0.1, 0.15) is 0 Å². The Morgan fingerprint density at radius 1 is 1.25 bits per heavy atom. The summed E-state index contributed by atoms with van der Waals surface area (Å²) in [6, 6.07) is 10.6. The second-order valence-electron chi connectivity index (χ2n) is 2.74. The second-order valence-corrected chi connectivity index (χ2v) is 2.74. The molecule has 0 unspecified atom stereocenters. The van der Waals surface area contributed by atoms with Crippen LogP contribution in [0.2, 0.25) is 0 Å². The minimum absolute atomic E-state index is 0. The third-order valence-corrected chi connectivity index (χ3v) is 1.97. The lowest BCUT2D eigenvalue weighted by Gasteiger charge is -1.85. The molecule has 2 rings (SSSR count). The van der Waals surface area contributed by atoms with Crippen molar-refractivity contribution in [2.75, 3.05) is 0 Å². The lowest BCUT2D eigenvalue weighted by molar-refractivity contribution is 1.07. The zero-order valence-corrected chi connectivity index (χ0v) is 9.33. The molecule has 0 aliphatic rings. The minimum atomic E-state index is 0. The average Bonchev–Trinajstić information content (AvgIpc) is 2.46. The molecule has 0 spiro atoms. The van der Waals surface area contributed by atoms with Gasteiger partial charge in [-0.05, 0) is 23.9 Å². The normalized spacial score (nSPS) is 9.75. The number of para-hydroxylation sites is 1. The van der Waals surface area contributed by atoms with Crippen LogP contribution in [0.25, 0.3) is 10.9 Å². The van der Waals surface area contributed by atoms with E-state index in [1.807, 2.05) is 0 Å². The first kappa shape index (κ1) is 9.58. The van der Waals surface area contributed by atoms with E-state index in [1.54, 1.807) is 0 Å². The number of aryl methyl sites for hydroxylation is 1. The first-order valence-corrected chi connectivity index (χ1v) is 3.97. The third kappa shape index (κ3) is 1.63. The summed E-state index contributed by atoms with van der Waals surface area (Å²) in [4.78, 5) is 3.35. The topological polar surface area (TPSA) is 15.8 Å². The lowest BCUT2D eigenvalue weighted by Crippen LogP contribution is -1.74. The first-order valence-electron chi connectivity index (χ1n) is 3.97. The van der Waals surface area contributed by atoms with Crippen LogP contribution in [0.4, 0.5) is 0 Å². The number of H-pyrrole nitrogens is 1. The van der Waals surface area contributed by atoms with Crippen molar-refractivity contribution in [2.45, 2.75) is 13.3 Å². The van der Waals surface area contributed by atoms with Gasteiger partial charge in [-0.2, -0.15) is 0 Å². The number of benzene rings is 1. The maximum Gasteiger partial charge on any atom is 0.0456 e. The molecule has 0 saturated carbocycles. The van der Waals surface area contributed by atoms with E-state index in [0.717, 1.165) is 6.42 Å². The highest BCUT2D eigenvalue weighted by Gasteiger charge is 1.95. The summed E-state index contributed by atoms with van der Waals surface area (Å²) in [6.45, 7) is 2.16. The predicted molar refractivity (Wildman–Crippen MR) is 63.1 cm³/mol. The number of nitrogens with one attached hydrogen (secondary N) is 1. The third-order valence-electron chi connectivity index (χ3n) is 1.97. The van der Waals surface area contributed by atoms with Gasteiger partial charge < -0.3 is 4.98 Å². The Hall–Kier alpha value is -0.510. The van der Waals surface area contributed by atoms with Gasteiger partial charge in [0.2, 0.25) is 0 Å². The van der Waals surface area contributed by atoms with Gasteiger partial charge in [0.25, 0.3) is 0 Å². The Balaban J connectivity index is 0.000000720. The summed E-state index contributed by atoms with van der Waals surface area (Å²) in [5, 5.41) is 1.31. The molecular formula is C10H12IN. The molecule has 1 aromatic heterocycles. The smallest absolute Gasteiger partial charge is 0.0456 e. The maximum atomic E-state index is 3.35. The zero-order chi connectivity index (χ0) is 7.68. The Kier molecular flexibility index (Phi) is 3.14. The Morgan fingerprint density at radius 3 is 2.67 bits per heavy atom. The molecule has 2 aromatic rings. The molecule has 2 heteroatoms. The molecule has 0 saturated heterocycles. The van der Waals surface area contributed by atoms with Crippen LogP contribution in [-0.4, -0.2) is 4.98 Å². The van der Waals surface area contributed by atoms with Crippen molar-refractivity contribution >= 4 is 34.9 Å². The molecule has 12 heavy (non-hydrogen) atoms. The number of aromatic nitrogens is 1. The van der Waals surface area contributed by atoms with E-state index in [-0.39, 0.29) is 24.0 Å². The molecule has 1 nitrogen and oxygen atoms in total. The summed E-state index contributed by atoms with van der Waals surface area (Å²) in [5.74, 6) is 0. The lowest BCUT2D eigenvalue weighted by atomic mass is 10.2. The molecule has 0 aliphatic heterocycles. The van der Waals surface area contributed by atoms with Crippen LogP contribution in [-0.2, 0) is 6.42 Å². The minimum Gasteiger partial charge on any atom is -0.358 e. The number of halogens is 1. The molecule has 1 aromatic carbocycles. The highest BCUT2D eigenvalue weighted by molar-refractivity contribution is 14.0. The van der Waals surface area contributed by atoms with Crippen LogP contribution >= 0.6 is 24.0 Å². The van der Waals surface area contributed by atoms with Crippen molar-refractivity contribution in [3.05, 3.63) is 36.0 Å². The molecule has 0 bridgehead atoms. The van der Waals surface area contributed by atoms with E-state index >= 15 is 0 Å². The zero-order valence-electron chi connectivity index (χ0n) is 7.00. The molecule has 0 atom stereocenters. The molecule has 0 aliphatic carbocycles. The van der Waals surface area contributed by atoms with Crippen LogP contribution in [0.5, 0.6) is 0 Å². The Labute approximate surface area is 89.2 Å². The van der Waals surface area contributed by atoms with Crippen LogP contribution in [0.3, 0.4) is 0 Å². The van der Waals surface area contributed by atoms with E-state index in [4.69, 9.17) is 0 Å². The highest BCUT2D eigenvalue weighted by Crippen LogP contribution is 2.14. The molecule has 0 fully saturated rings. The Morgan fingerprint density at radius 2 is 2.00 bits per heavy atom. The number of rotatable bonds is 1. The van der Waals surface area contributed by atoms with E-state index in [0.29, 0.717) is 0 Å². The van der Waals surface area contributed by atoms with Gasteiger partial charge in [-0.3, -0.25) is 0 Å². The SMILES string of the molecule is CCc1cc2ccccc2[nH]1.I. The summed E-state index contributed by atoms with van der Waals surface area (Å²) in [7, 11) is 0. The summed E-state index contributed by atoms with van der Waals surface area (Å²) in [5.41, 5.74) is 2.55. The molecule has 1 heterocycles. The molecular weight excluding hydrogens is 261 g/mol. The van der Waals surface area contributed by atoms with Crippen molar-refractivity contribution in [1.29, 1.82) is 0 Å². The summed E-state index contributed by atoms with van der Waals surface area (Å²) >= 11 is 0. The number of hydrogen-bond acceptors (Lipinski definition) is 0. The quantitative estimate of drug-likeness (QED) is 0.767. The fraction of sp³-hybridized carbons (Fsp3) is 0.200. The number of hydrogen-bond donors (Lipinski definition) is 1. The monoisotopic (exact) mass is 273 g/mol. The van der Waals surface area contributed by atoms with Crippen molar-refractivity contribution in [2.24, 2.45) is 0 Å². The van der Waals surface area contributed by atoms with Crippen molar-refractivity contribution in [3.63, 3.8) is 0 Å². The molecule has 0 amide bonds. The van der Waals surface area contributed by atoms with Gasteiger partial charge in [-0.1, -0.05) is 25.1 Å². The van der Waals surface area contributed by atoms with E-state index in [9.17, 15) is 0 Å². The maximum absolute atomic E-state index is 3.35. The van der Waals surface area contributed by atoms with Crippen LogP contribution in [0.1, 0.15) is 12.6 Å². The van der Waals surface area contributed by atoms with Gasteiger partial charge in [0.05, 0.1) is 0 Å². The van der Waals surface area contributed by atoms with E-state index in [2.05, 4.69) is 42.2 Å². The van der Waals surface area contributed by atoms with Gasteiger partial charge >= 0.3 is 0 Å². The first-order chi connectivity index (χ1) is 5.40. The highest BCUT2D eigenvalue weighted by atomic mass is 127. The average molecular weight is 273 g/mol. The number of aromatic amines is 1. The van der Waals surface area contributed by atoms with Crippen LogP contribution < -0.4 is 0 Å². The van der Waals surface area contributed by atoms with Crippen molar-refractivity contribution in [1.82, 2.24) is 4.98 Å². The Bertz CT molecular complexity index is 332. The second kappa shape index (κ2) is 3.94. The van der Waals surface area contributed by atoms with Gasteiger partial charge in [0.15, 0.2) is 0 Å². The molecule has 1 N–H and O–H groups in total. The fourth-order valence-corrected chi connectivity index (χ4v) is 1.32. The fourth-order valence-electron chi connectivity index (χ4n) is 1.32. The van der Waals surface area contributed by atoms with Crippen LogP contribution in [0, 0.1) is 0 Å². The largest absolute Gasteiger partial charge is 0.358 e. The van der Waals surface area contributed by atoms with Gasteiger partial charge in [0, 0.05) is 11.2 Å². The van der Waals surface area contributed by atoms with Crippen molar-refractivity contribution in [3.8, 4) is 0 Å². The van der Waals surface area contributed by atoms with Gasteiger partial charge in [-0.15, -0.1) is 24.0 Å². The van der Waals surface area contributed by atoms with Gasteiger partial charge in [-0.25, -0.2) is 0 Å². The van der Waals surface area contributed by atoms with Crippen LogP contribution in [0.15, 0.2) is 30.3 Å². The standard InChI is InChI=1S/C10H11N.HI/c1-2-9-7-8-5-3-4-6-10(8)11-9;/h3-7,11H,2H2,1H3;1H. The summed E-state index contributed by atoms with van der Waals surface area (Å²) < 4.78 is 0. The number of fused-ring (bicyclic) bond motifs is 1. The predicted octanol–water partition coefficient (Wildman–Crippen LogP) is 3.35.